The molecule has 182 valence electrons. The zero-order chi connectivity index (χ0) is 25.4. The summed E-state index contributed by atoms with van der Waals surface area (Å²) in [6.07, 6.45) is 2.15. The molecule has 0 heterocycles. The average molecular weight is 451 g/mol. The van der Waals surface area contributed by atoms with Crippen molar-refractivity contribution in [3.05, 3.63) is 106 Å². The summed E-state index contributed by atoms with van der Waals surface area (Å²) >= 11 is 0. The van der Waals surface area contributed by atoms with Crippen LogP contribution in [0, 0.1) is 37.9 Å². The molecule has 3 rings (SSSR count). The molecule has 0 N–H and O–H groups in total. The zero-order valence-corrected chi connectivity index (χ0v) is 22.8. The molecule has 0 aliphatic heterocycles. The van der Waals surface area contributed by atoms with Gasteiger partial charge in [-0.1, -0.05) is 127 Å². The van der Waals surface area contributed by atoms with Gasteiger partial charge in [0.15, 0.2) is 0 Å². The van der Waals surface area contributed by atoms with E-state index in [1.165, 1.54) is 40.8 Å². The lowest BCUT2D eigenvalue weighted by Crippen LogP contribution is -2.17. The summed E-state index contributed by atoms with van der Waals surface area (Å²) in [6, 6.07) is 23.4. The minimum absolute atomic E-state index is 0.177. The van der Waals surface area contributed by atoms with Crippen molar-refractivity contribution in [1.82, 2.24) is 0 Å². The molecule has 3 aromatic carbocycles. The Bertz CT molecular complexity index is 850. The minimum Gasteiger partial charge on any atom is -0.207 e. The second-order valence-corrected chi connectivity index (χ2v) is 9.38. The maximum atomic E-state index is 12.7. The summed E-state index contributed by atoms with van der Waals surface area (Å²) in [5, 5.41) is 0. The Hall–Kier alpha value is -2.41. The lowest BCUT2D eigenvalue weighted by molar-refractivity contribution is 0.240. The SMILES string of the molecule is CC.CCC(C)(C)C(C)C.Cc1ccc(C)cc1.Cc1ccccc1Cc1ccc(F)cc1. The number of benzene rings is 3. The van der Waals surface area contributed by atoms with Crippen molar-refractivity contribution >= 4 is 0 Å². The van der Waals surface area contributed by atoms with Gasteiger partial charge >= 0.3 is 0 Å². The van der Waals surface area contributed by atoms with E-state index in [1.54, 1.807) is 0 Å². The van der Waals surface area contributed by atoms with E-state index in [-0.39, 0.29) is 5.82 Å². The number of halogens is 1. The van der Waals surface area contributed by atoms with Crippen LogP contribution >= 0.6 is 0 Å². The highest BCUT2D eigenvalue weighted by atomic mass is 19.1. The lowest BCUT2D eigenvalue weighted by Gasteiger charge is -2.27. The first-order valence-electron chi connectivity index (χ1n) is 12.4. The fourth-order valence-electron chi connectivity index (χ4n) is 2.68. The fraction of sp³-hybridized carbons (Fsp3) is 0.438. The van der Waals surface area contributed by atoms with Gasteiger partial charge in [-0.15, -0.1) is 0 Å². The molecular formula is C32H47F. The predicted molar refractivity (Wildman–Crippen MR) is 147 cm³/mol. The van der Waals surface area contributed by atoms with Crippen LogP contribution in [0.4, 0.5) is 4.39 Å². The molecule has 0 saturated carbocycles. The van der Waals surface area contributed by atoms with Crippen LogP contribution in [0.15, 0.2) is 72.8 Å². The van der Waals surface area contributed by atoms with Crippen molar-refractivity contribution in [1.29, 1.82) is 0 Å². The van der Waals surface area contributed by atoms with Gasteiger partial charge in [-0.2, -0.15) is 0 Å². The van der Waals surface area contributed by atoms with Crippen LogP contribution in [-0.2, 0) is 6.42 Å². The highest BCUT2D eigenvalue weighted by molar-refractivity contribution is 5.31. The summed E-state index contributed by atoms with van der Waals surface area (Å²) in [4.78, 5) is 0. The normalized spacial score (nSPS) is 10.2. The van der Waals surface area contributed by atoms with E-state index in [2.05, 4.69) is 91.8 Å². The second kappa shape index (κ2) is 16.2. The van der Waals surface area contributed by atoms with E-state index in [0.717, 1.165) is 17.9 Å². The molecule has 0 atom stereocenters. The third kappa shape index (κ3) is 13.0. The van der Waals surface area contributed by atoms with Gasteiger partial charge in [0.1, 0.15) is 5.82 Å². The molecule has 33 heavy (non-hydrogen) atoms. The molecule has 0 bridgehead atoms. The molecule has 0 amide bonds. The van der Waals surface area contributed by atoms with E-state index in [4.69, 9.17) is 0 Å². The molecule has 0 aliphatic carbocycles. The van der Waals surface area contributed by atoms with Crippen molar-refractivity contribution in [2.24, 2.45) is 11.3 Å². The van der Waals surface area contributed by atoms with Crippen LogP contribution in [0.5, 0.6) is 0 Å². The monoisotopic (exact) mass is 450 g/mol. The molecule has 0 aliphatic rings. The van der Waals surface area contributed by atoms with E-state index in [0.29, 0.717) is 5.41 Å². The summed E-state index contributed by atoms with van der Waals surface area (Å²) < 4.78 is 12.7. The first kappa shape index (κ1) is 30.6. The molecule has 3 aromatic rings. The zero-order valence-electron chi connectivity index (χ0n) is 22.8. The van der Waals surface area contributed by atoms with Crippen molar-refractivity contribution in [2.45, 2.75) is 82.1 Å². The third-order valence-electron chi connectivity index (χ3n) is 6.26. The van der Waals surface area contributed by atoms with Crippen LogP contribution in [0.1, 0.15) is 82.7 Å². The van der Waals surface area contributed by atoms with E-state index in [9.17, 15) is 4.39 Å². The van der Waals surface area contributed by atoms with Gasteiger partial charge in [-0.3, -0.25) is 0 Å². The van der Waals surface area contributed by atoms with Crippen molar-refractivity contribution in [3.8, 4) is 0 Å². The maximum absolute atomic E-state index is 12.7. The number of hydrogen-bond acceptors (Lipinski definition) is 0. The second-order valence-electron chi connectivity index (χ2n) is 9.38. The van der Waals surface area contributed by atoms with Gasteiger partial charge < -0.3 is 0 Å². The number of aryl methyl sites for hydroxylation is 3. The van der Waals surface area contributed by atoms with Crippen molar-refractivity contribution < 1.29 is 4.39 Å². The summed E-state index contributed by atoms with van der Waals surface area (Å²) in [5.41, 5.74) is 6.92. The standard InChI is InChI=1S/C14H13F.C8H10.C8H18.C2H6/c1-11-4-2-3-5-13(11)10-12-6-8-14(15)9-7-12;1-7-3-5-8(2)6-4-7;1-6-8(4,5)7(2)3;1-2/h2-9H,10H2,1H3;3-6H,1-2H3;7H,6H2,1-5H3;1-2H3. The number of hydrogen-bond donors (Lipinski definition) is 0. The molecule has 0 fully saturated rings. The van der Waals surface area contributed by atoms with Gasteiger partial charge in [-0.25, -0.2) is 4.39 Å². The summed E-state index contributed by atoms with van der Waals surface area (Å²) in [5.74, 6) is 0.635. The minimum atomic E-state index is -0.177. The molecule has 0 saturated heterocycles. The highest BCUT2D eigenvalue weighted by Gasteiger charge is 2.18. The first-order chi connectivity index (χ1) is 15.5. The summed E-state index contributed by atoms with van der Waals surface area (Å²) in [7, 11) is 0. The topological polar surface area (TPSA) is 0 Å². The third-order valence-corrected chi connectivity index (χ3v) is 6.26. The Morgan fingerprint density at radius 3 is 1.55 bits per heavy atom. The molecule has 0 radical (unpaired) electrons. The van der Waals surface area contributed by atoms with Crippen LogP contribution < -0.4 is 0 Å². The Labute approximate surface area is 204 Å². The van der Waals surface area contributed by atoms with Gasteiger partial charge in [0, 0.05) is 0 Å². The van der Waals surface area contributed by atoms with Gasteiger partial charge in [0.05, 0.1) is 0 Å². The quantitative estimate of drug-likeness (QED) is 0.371. The Balaban J connectivity index is 0.000000487. The van der Waals surface area contributed by atoms with Crippen LogP contribution in [0.2, 0.25) is 0 Å². The van der Waals surface area contributed by atoms with Gasteiger partial charge in [-0.05, 0) is 67.3 Å². The van der Waals surface area contributed by atoms with Crippen molar-refractivity contribution in [3.63, 3.8) is 0 Å². The molecule has 0 aromatic heterocycles. The van der Waals surface area contributed by atoms with E-state index in [1.807, 2.05) is 38.1 Å². The van der Waals surface area contributed by atoms with Gasteiger partial charge in [0.2, 0.25) is 0 Å². The average Bonchev–Trinajstić information content (AvgIpc) is 2.81. The Morgan fingerprint density at radius 1 is 0.727 bits per heavy atom. The largest absolute Gasteiger partial charge is 0.207 e. The van der Waals surface area contributed by atoms with Crippen LogP contribution in [0.3, 0.4) is 0 Å². The molecular weight excluding hydrogens is 403 g/mol. The van der Waals surface area contributed by atoms with Crippen LogP contribution in [0.25, 0.3) is 0 Å². The van der Waals surface area contributed by atoms with Gasteiger partial charge in [0.25, 0.3) is 0 Å². The molecule has 0 spiro atoms. The van der Waals surface area contributed by atoms with E-state index >= 15 is 0 Å². The predicted octanol–water partition coefficient (Wildman–Crippen LogP) is 10.1. The molecule has 0 unspecified atom stereocenters. The first-order valence-corrected chi connectivity index (χ1v) is 12.4. The fourth-order valence-corrected chi connectivity index (χ4v) is 2.68. The molecule has 0 nitrogen and oxygen atoms in total. The highest BCUT2D eigenvalue weighted by Crippen LogP contribution is 2.28. The molecule has 1 heteroatoms. The Kier molecular flexibility index (Phi) is 15.1. The Morgan fingerprint density at radius 2 is 1.18 bits per heavy atom. The smallest absolute Gasteiger partial charge is 0.123 e. The number of rotatable bonds is 4. The van der Waals surface area contributed by atoms with Crippen molar-refractivity contribution in [2.75, 3.05) is 0 Å². The summed E-state index contributed by atoms with van der Waals surface area (Å²) in [6.45, 7) is 21.7. The van der Waals surface area contributed by atoms with Crippen LogP contribution in [-0.4, -0.2) is 0 Å². The maximum Gasteiger partial charge on any atom is 0.123 e. The van der Waals surface area contributed by atoms with E-state index < -0.39 is 0 Å². The lowest BCUT2D eigenvalue weighted by atomic mass is 9.79.